The van der Waals surface area contributed by atoms with E-state index in [1.807, 2.05) is 28.5 Å². The van der Waals surface area contributed by atoms with Gasteiger partial charge in [-0.05, 0) is 29.1 Å². The molecule has 118 valence electrons. The molecule has 0 unspecified atom stereocenters. The van der Waals surface area contributed by atoms with Gasteiger partial charge in [-0.25, -0.2) is 0 Å². The van der Waals surface area contributed by atoms with Crippen molar-refractivity contribution in [2.45, 2.75) is 0 Å². The lowest BCUT2D eigenvalue weighted by Gasteiger charge is -2.36. The Morgan fingerprint density at radius 3 is 2.65 bits per heavy atom. The van der Waals surface area contributed by atoms with Crippen LogP contribution in [0.15, 0.2) is 40.8 Å². The number of azide groups is 1. The van der Waals surface area contributed by atoms with E-state index in [9.17, 15) is 4.79 Å². The van der Waals surface area contributed by atoms with Crippen molar-refractivity contribution in [1.29, 1.82) is 0 Å². The first-order chi connectivity index (χ1) is 11.2. The van der Waals surface area contributed by atoms with Crippen molar-refractivity contribution in [2.24, 2.45) is 5.11 Å². The summed E-state index contributed by atoms with van der Waals surface area (Å²) < 4.78 is 0. The van der Waals surface area contributed by atoms with Gasteiger partial charge in [0.1, 0.15) is 0 Å². The molecule has 0 bridgehead atoms. The van der Waals surface area contributed by atoms with Crippen LogP contribution in [0.1, 0.15) is 9.67 Å². The van der Waals surface area contributed by atoms with Crippen LogP contribution in [0.25, 0.3) is 10.4 Å². The number of thiophene rings is 1. The Labute approximate surface area is 142 Å². The molecule has 1 aliphatic heterocycles. The fourth-order valence-corrected chi connectivity index (χ4v) is 3.56. The lowest BCUT2D eigenvalue weighted by molar-refractivity contribution is 0.0751. The van der Waals surface area contributed by atoms with Gasteiger partial charge in [0.15, 0.2) is 0 Å². The van der Waals surface area contributed by atoms with Crippen LogP contribution in [0.3, 0.4) is 0 Å². The molecule has 0 aliphatic carbocycles. The number of amides is 1. The van der Waals surface area contributed by atoms with Crippen molar-refractivity contribution in [3.05, 3.63) is 56.1 Å². The molecule has 23 heavy (non-hydrogen) atoms. The average molecular weight is 348 g/mol. The molecule has 0 atom stereocenters. The van der Waals surface area contributed by atoms with Crippen LogP contribution in [0.2, 0.25) is 5.02 Å². The fraction of sp³-hybridized carbons (Fsp3) is 0.267. The average Bonchev–Trinajstić information content (AvgIpc) is 3.09. The molecule has 1 aliphatic rings. The molecule has 0 radical (unpaired) electrons. The molecule has 1 aromatic heterocycles. The maximum atomic E-state index is 12.3. The van der Waals surface area contributed by atoms with Crippen LogP contribution >= 0.6 is 22.9 Å². The zero-order chi connectivity index (χ0) is 16.2. The highest BCUT2D eigenvalue weighted by Crippen LogP contribution is 2.31. The van der Waals surface area contributed by atoms with Gasteiger partial charge < -0.3 is 9.80 Å². The molecular weight excluding hydrogens is 334 g/mol. The second kappa shape index (κ2) is 6.91. The van der Waals surface area contributed by atoms with Crippen LogP contribution in [0, 0.1) is 0 Å². The first-order valence-corrected chi connectivity index (χ1v) is 8.37. The lowest BCUT2D eigenvalue weighted by Crippen LogP contribution is -2.48. The highest BCUT2D eigenvalue weighted by Gasteiger charge is 2.23. The van der Waals surface area contributed by atoms with Crippen molar-refractivity contribution in [3.8, 4) is 0 Å². The van der Waals surface area contributed by atoms with E-state index in [1.165, 1.54) is 11.3 Å². The van der Waals surface area contributed by atoms with E-state index in [4.69, 9.17) is 17.1 Å². The van der Waals surface area contributed by atoms with E-state index in [-0.39, 0.29) is 5.91 Å². The van der Waals surface area contributed by atoms with E-state index >= 15 is 0 Å². The van der Waals surface area contributed by atoms with E-state index in [2.05, 4.69) is 14.9 Å². The van der Waals surface area contributed by atoms with Gasteiger partial charge in [-0.2, -0.15) is 0 Å². The molecule has 0 saturated carbocycles. The summed E-state index contributed by atoms with van der Waals surface area (Å²) in [5.41, 5.74) is 9.84. The number of anilines is 1. The molecule has 8 heteroatoms. The monoisotopic (exact) mass is 347 g/mol. The Balaban J connectivity index is 1.67. The Hall–Kier alpha value is -2.21. The number of nitrogens with zero attached hydrogens (tertiary/aromatic N) is 5. The number of hydrogen-bond donors (Lipinski definition) is 0. The first kappa shape index (κ1) is 15.7. The van der Waals surface area contributed by atoms with Crippen molar-refractivity contribution in [2.75, 3.05) is 31.1 Å². The fourth-order valence-electron chi connectivity index (χ4n) is 2.57. The normalized spacial score (nSPS) is 14.5. The number of carbonyl (C=O) groups excluding carboxylic acids is 1. The van der Waals surface area contributed by atoms with E-state index in [0.717, 1.165) is 23.7 Å². The number of carbonyl (C=O) groups is 1. The van der Waals surface area contributed by atoms with E-state index < -0.39 is 0 Å². The Morgan fingerprint density at radius 2 is 2.04 bits per heavy atom. The topological polar surface area (TPSA) is 72.3 Å². The summed E-state index contributed by atoms with van der Waals surface area (Å²) in [7, 11) is 0. The first-order valence-electron chi connectivity index (χ1n) is 7.11. The molecule has 1 saturated heterocycles. The molecule has 1 amide bonds. The van der Waals surface area contributed by atoms with Gasteiger partial charge in [0, 0.05) is 36.8 Å². The second-order valence-electron chi connectivity index (χ2n) is 5.08. The molecule has 0 spiro atoms. The smallest absolute Gasteiger partial charge is 0.264 e. The van der Waals surface area contributed by atoms with Gasteiger partial charge in [0.25, 0.3) is 5.91 Å². The van der Waals surface area contributed by atoms with Gasteiger partial charge in [0.05, 0.1) is 15.6 Å². The summed E-state index contributed by atoms with van der Waals surface area (Å²) in [6.07, 6.45) is 0. The minimum Gasteiger partial charge on any atom is -0.367 e. The largest absolute Gasteiger partial charge is 0.367 e. The maximum absolute atomic E-state index is 12.3. The third-order valence-corrected chi connectivity index (χ3v) is 4.89. The zero-order valence-corrected chi connectivity index (χ0v) is 13.8. The molecule has 2 aromatic rings. The van der Waals surface area contributed by atoms with Crippen molar-refractivity contribution >= 4 is 40.2 Å². The minimum atomic E-state index is 0.0875. The molecule has 6 nitrogen and oxygen atoms in total. The quantitative estimate of drug-likeness (QED) is 0.471. The molecule has 1 fully saturated rings. The molecule has 3 rings (SSSR count). The van der Waals surface area contributed by atoms with Gasteiger partial charge in [-0.3, -0.25) is 4.79 Å². The zero-order valence-electron chi connectivity index (χ0n) is 12.2. The number of halogens is 1. The van der Waals surface area contributed by atoms with Gasteiger partial charge in [0.2, 0.25) is 0 Å². The summed E-state index contributed by atoms with van der Waals surface area (Å²) in [4.78, 5) is 19.9. The third kappa shape index (κ3) is 3.42. The summed E-state index contributed by atoms with van der Waals surface area (Å²) in [5.74, 6) is 0.0875. The maximum Gasteiger partial charge on any atom is 0.264 e. The minimum absolute atomic E-state index is 0.0875. The van der Waals surface area contributed by atoms with Crippen LogP contribution in [0.4, 0.5) is 11.4 Å². The van der Waals surface area contributed by atoms with E-state index in [1.54, 1.807) is 12.1 Å². The summed E-state index contributed by atoms with van der Waals surface area (Å²) in [6.45, 7) is 2.76. The Bertz CT molecular complexity index is 749. The van der Waals surface area contributed by atoms with Crippen LogP contribution in [-0.2, 0) is 0 Å². The van der Waals surface area contributed by atoms with Crippen LogP contribution < -0.4 is 4.90 Å². The van der Waals surface area contributed by atoms with Gasteiger partial charge in [-0.1, -0.05) is 28.8 Å². The summed E-state index contributed by atoms with van der Waals surface area (Å²) in [5, 5.41) is 6.00. The Kier molecular flexibility index (Phi) is 4.71. The summed E-state index contributed by atoms with van der Waals surface area (Å²) >= 11 is 7.74. The van der Waals surface area contributed by atoms with E-state index in [0.29, 0.717) is 23.8 Å². The van der Waals surface area contributed by atoms with Crippen LogP contribution in [0.5, 0.6) is 0 Å². The molecule has 0 N–H and O–H groups in total. The lowest BCUT2D eigenvalue weighted by atomic mass is 10.2. The molecule has 2 heterocycles. The van der Waals surface area contributed by atoms with Crippen molar-refractivity contribution in [3.63, 3.8) is 0 Å². The summed E-state index contributed by atoms with van der Waals surface area (Å²) in [6, 6.07) is 8.98. The van der Waals surface area contributed by atoms with Gasteiger partial charge >= 0.3 is 0 Å². The SMILES string of the molecule is [N-]=[N+]=Nc1ccc(N2CCN(C(=O)c3cccs3)CC2)c(Cl)c1. The van der Waals surface area contributed by atoms with Crippen molar-refractivity contribution in [1.82, 2.24) is 4.90 Å². The Morgan fingerprint density at radius 1 is 1.26 bits per heavy atom. The highest BCUT2D eigenvalue weighted by molar-refractivity contribution is 7.12. The number of piperazine rings is 1. The predicted octanol–water partition coefficient (Wildman–Crippen LogP) is 4.31. The number of rotatable bonds is 3. The predicted molar refractivity (Wildman–Crippen MR) is 92.7 cm³/mol. The second-order valence-corrected chi connectivity index (χ2v) is 6.44. The molecule has 1 aromatic carbocycles. The van der Waals surface area contributed by atoms with Crippen molar-refractivity contribution < 1.29 is 4.79 Å². The van der Waals surface area contributed by atoms with Crippen LogP contribution in [-0.4, -0.2) is 37.0 Å². The van der Waals surface area contributed by atoms with Gasteiger partial charge in [-0.15, -0.1) is 11.3 Å². The molecular formula is C15H14ClN5OS. The third-order valence-electron chi connectivity index (χ3n) is 3.73. The highest BCUT2D eigenvalue weighted by atomic mass is 35.5. The standard InChI is InChI=1S/C15H14ClN5OS/c16-12-10-11(18-19-17)3-4-13(12)20-5-7-21(8-6-20)15(22)14-2-1-9-23-14/h1-4,9-10H,5-8H2. The number of benzene rings is 1. The number of hydrogen-bond acceptors (Lipinski definition) is 4.